The van der Waals surface area contributed by atoms with Crippen molar-refractivity contribution in [3.63, 3.8) is 0 Å². The molecule has 1 aromatic heterocycles. The first-order valence-electron chi connectivity index (χ1n) is 11.3. The highest BCUT2D eigenvalue weighted by atomic mass is 19.1. The lowest BCUT2D eigenvalue weighted by Crippen LogP contribution is -2.49. The summed E-state index contributed by atoms with van der Waals surface area (Å²) in [6, 6.07) is 7.82. The van der Waals surface area contributed by atoms with Crippen LogP contribution in [0.25, 0.3) is 11.3 Å². The lowest BCUT2D eigenvalue weighted by molar-refractivity contribution is -0.161. The van der Waals surface area contributed by atoms with E-state index in [1.165, 1.54) is 12.1 Å². The van der Waals surface area contributed by atoms with E-state index in [0.717, 1.165) is 24.8 Å². The number of piperidine rings is 1. The zero-order valence-corrected chi connectivity index (χ0v) is 18.4. The maximum absolute atomic E-state index is 13.2. The molecule has 7 heteroatoms. The molecule has 170 valence electrons. The van der Waals surface area contributed by atoms with Crippen molar-refractivity contribution in [2.75, 3.05) is 19.7 Å². The van der Waals surface area contributed by atoms with Crippen molar-refractivity contribution in [2.45, 2.75) is 45.4 Å². The lowest BCUT2D eigenvalue weighted by atomic mass is 9.74. The Labute approximate surface area is 187 Å². The van der Waals surface area contributed by atoms with Crippen molar-refractivity contribution >= 4 is 11.9 Å². The summed E-state index contributed by atoms with van der Waals surface area (Å²) >= 11 is 0. The van der Waals surface area contributed by atoms with Crippen LogP contribution in [0.2, 0.25) is 0 Å². The van der Waals surface area contributed by atoms with Crippen LogP contribution in [-0.2, 0) is 20.7 Å². The van der Waals surface area contributed by atoms with Gasteiger partial charge in [0, 0.05) is 37.1 Å². The molecule has 1 aliphatic heterocycles. The van der Waals surface area contributed by atoms with Crippen LogP contribution in [0.5, 0.6) is 0 Å². The fraction of sp³-hybridized carbons (Fsp3) is 0.480. The number of carbonyl (C=O) groups excluding carboxylic acids is 2. The molecule has 1 aliphatic carbocycles. The zero-order valence-electron chi connectivity index (χ0n) is 18.4. The van der Waals surface area contributed by atoms with Crippen LogP contribution < -0.4 is 0 Å². The first kappa shape index (κ1) is 22.2. The maximum Gasteiger partial charge on any atom is 0.312 e. The van der Waals surface area contributed by atoms with Gasteiger partial charge in [-0.1, -0.05) is 17.3 Å². The number of likely N-dealkylation sites (tertiary alicyclic amines) is 1. The zero-order chi connectivity index (χ0) is 22.6. The monoisotopic (exact) mass is 440 g/mol. The number of nitrogens with zero attached hydrogens (tertiary/aromatic N) is 2. The summed E-state index contributed by atoms with van der Waals surface area (Å²) in [6.07, 6.45) is 8.24. The molecule has 1 saturated heterocycles. The Kier molecular flexibility index (Phi) is 6.72. The Balaban J connectivity index is 1.47. The third kappa shape index (κ3) is 4.76. The number of esters is 1. The molecule has 1 aromatic carbocycles. The van der Waals surface area contributed by atoms with Gasteiger partial charge in [-0.3, -0.25) is 9.59 Å². The normalized spacial score (nSPS) is 20.2. The Morgan fingerprint density at radius 3 is 2.62 bits per heavy atom. The third-order valence-corrected chi connectivity index (χ3v) is 6.57. The highest BCUT2D eigenvalue weighted by molar-refractivity contribution is 5.81. The van der Waals surface area contributed by atoms with E-state index >= 15 is 0 Å². The summed E-state index contributed by atoms with van der Waals surface area (Å²) in [7, 11) is 0. The van der Waals surface area contributed by atoms with Crippen molar-refractivity contribution in [2.24, 2.45) is 11.3 Å². The van der Waals surface area contributed by atoms with Crippen LogP contribution in [0.15, 0.2) is 47.0 Å². The lowest BCUT2D eigenvalue weighted by Gasteiger charge is -2.40. The van der Waals surface area contributed by atoms with Crippen LogP contribution in [0, 0.1) is 17.2 Å². The number of ether oxygens (including phenoxy) is 1. The smallest absolute Gasteiger partial charge is 0.312 e. The molecule has 2 aliphatic rings. The standard InChI is InChI=1S/C25H29FN2O4/c1-2-31-24(30)25(12-14-28(15-13-25)23(29)19-6-4-3-5-7-19)17-21-16-22(27-32-21)18-8-10-20(26)11-9-18/h3-4,8-11,16,19H,2,5-7,12-15,17H2,1H3. The minimum atomic E-state index is -0.751. The summed E-state index contributed by atoms with van der Waals surface area (Å²) in [5, 5.41) is 4.10. The average molecular weight is 441 g/mol. The molecule has 1 fully saturated rings. The van der Waals surface area contributed by atoms with E-state index in [4.69, 9.17) is 9.26 Å². The second-order valence-electron chi connectivity index (χ2n) is 8.67. The molecular formula is C25H29FN2O4. The molecule has 1 atom stereocenters. The molecule has 2 aromatic rings. The predicted molar refractivity (Wildman–Crippen MR) is 117 cm³/mol. The summed E-state index contributed by atoms with van der Waals surface area (Å²) in [5.74, 6) is 0.235. The molecule has 1 amide bonds. The van der Waals surface area contributed by atoms with Crippen LogP contribution in [0.1, 0.15) is 44.8 Å². The molecule has 32 heavy (non-hydrogen) atoms. The van der Waals surface area contributed by atoms with E-state index in [-0.39, 0.29) is 23.6 Å². The van der Waals surface area contributed by atoms with Gasteiger partial charge in [0.15, 0.2) is 0 Å². The van der Waals surface area contributed by atoms with Crippen molar-refractivity contribution in [1.29, 1.82) is 0 Å². The van der Waals surface area contributed by atoms with E-state index in [1.807, 2.05) is 4.90 Å². The van der Waals surface area contributed by atoms with Gasteiger partial charge in [-0.2, -0.15) is 0 Å². The van der Waals surface area contributed by atoms with Gasteiger partial charge in [-0.25, -0.2) is 4.39 Å². The summed E-state index contributed by atoms with van der Waals surface area (Å²) < 4.78 is 24.2. The van der Waals surface area contributed by atoms with Crippen LogP contribution in [0.3, 0.4) is 0 Å². The van der Waals surface area contributed by atoms with Crippen LogP contribution >= 0.6 is 0 Å². The van der Waals surface area contributed by atoms with Crippen molar-refractivity contribution in [3.05, 3.63) is 54.1 Å². The molecule has 0 spiro atoms. The van der Waals surface area contributed by atoms with Gasteiger partial charge < -0.3 is 14.2 Å². The number of hydrogen-bond acceptors (Lipinski definition) is 5. The van der Waals surface area contributed by atoms with Crippen molar-refractivity contribution in [3.8, 4) is 11.3 Å². The van der Waals surface area contributed by atoms with Gasteiger partial charge in [0.2, 0.25) is 5.91 Å². The highest BCUT2D eigenvalue weighted by Gasteiger charge is 2.45. The molecule has 0 bridgehead atoms. The number of hydrogen-bond donors (Lipinski definition) is 0. The molecule has 0 saturated carbocycles. The number of allylic oxidation sites excluding steroid dienone is 2. The van der Waals surface area contributed by atoms with Gasteiger partial charge >= 0.3 is 5.97 Å². The SMILES string of the molecule is CCOC(=O)C1(Cc2cc(-c3ccc(F)cc3)no2)CCN(C(=O)C2CC=CCC2)CC1. The van der Waals surface area contributed by atoms with Gasteiger partial charge in [0.05, 0.1) is 12.0 Å². The maximum atomic E-state index is 13.2. The summed E-state index contributed by atoms with van der Waals surface area (Å²) in [4.78, 5) is 27.8. The minimum Gasteiger partial charge on any atom is -0.466 e. The summed E-state index contributed by atoms with van der Waals surface area (Å²) in [6.45, 7) is 3.14. The number of carbonyl (C=O) groups is 2. The Morgan fingerprint density at radius 1 is 1.22 bits per heavy atom. The highest BCUT2D eigenvalue weighted by Crippen LogP contribution is 2.38. The van der Waals surface area contributed by atoms with Crippen LogP contribution in [0.4, 0.5) is 4.39 Å². The van der Waals surface area contributed by atoms with E-state index in [1.54, 1.807) is 25.1 Å². The fourth-order valence-electron chi connectivity index (χ4n) is 4.65. The van der Waals surface area contributed by atoms with Gasteiger partial charge in [-0.05, 0) is 63.3 Å². The molecule has 1 unspecified atom stereocenters. The largest absolute Gasteiger partial charge is 0.466 e. The van der Waals surface area contributed by atoms with Crippen molar-refractivity contribution < 1.29 is 23.2 Å². The van der Waals surface area contributed by atoms with Crippen LogP contribution in [-0.4, -0.2) is 41.6 Å². The minimum absolute atomic E-state index is 0.0441. The first-order valence-corrected chi connectivity index (χ1v) is 11.3. The third-order valence-electron chi connectivity index (χ3n) is 6.57. The van der Waals surface area contributed by atoms with Gasteiger partial charge in [0.1, 0.15) is 17.3 Å². The molecule has 0 radical (unpaired) electrons. The number of rotatable bonds is 6. The number of benzene rings is 1. The topological polar surface area (TPSA) is 72.6 Å². The van der Waals surface area contributed by atoms with Gasteiger partial charge in [0.25, 0.3) is 0 Å². The Hall–Kier alpha value is -2.96. The molecule has 6 nitrogen and oxygen atoms in total. The molecule has 4 rings (SSSR count). The Bertz CT molecular complexity index is 974. The Morgan fingerprint density at radius 2 is 1.97 bits per heavy atom. The van der Waals surface area contributed by atoms with E-state index < -0.39 is 5.41 Å². The average Bonchev–Trinajstić information content (AvgIpc) is 3.28. The van der Waals surface area contributed by atoms with E-state index in [0.29, 0.717) is 50.4 Å². The van der Waals surface area contributed by atoms with Gasteiger partial charge in [-0.15, -0.1) is 0 Å². The summed E-state index contributed by atoms with van der Waals surface area (Å²) in [5.41, 5.74) is 0.587. The number of aromatic nitrogens is 1. The van der Waals surface area contributed by atoms with E-state index in [9.17, 15) is 14.0 Å². The molecule has 2 heterocycles. The number of halogens is 1. The predicted octanol–water partition coefficient (Wildman–Crippen LogP) is 4.55. The first-order chi connectivity index (χ1) is 15.5. The molecule has 0 N–H and O–H groups in total. The van der Waals surface area contributed by atoms with E-state index in [2.05, 4.69) is 17.3 Å². The number of amides is 1. The second-order valence-corrected chi connectivity index (χ2v) is 8.67. The second kappa shape index (κ2) is 9.67. The van der Waals surface area contributed by atoms with Crippen molar-refractivity contribution in [1.82, 2.24) is 10.1 Å². The quantitative estimate of drug-likeness (QED) is 0.487. The fourth-order valence-corrected chi connectivity index (χ4v) is 4.65. The molecular weight excluding hydrogens is 411 g/mol.